The van der Waals surface area contributed by atoms with Crippen molar-refractivity contribution in [3.05, 3.63) is 0 Å². The van der Waals surface area contributed by atoms with E-state index < -0.39 is 15.8 Å². The molecule has 0 aromatic carbocycles. The van der Waals surface area contributed by atoms with Gasteiger partial charge in [-0.1, -0.05) is 12.8 Å². The smallest absolute Gasteiger partial charge is 0.308 e. The van der Waals surface area contributed by atoms with Crippen LogP contribution in [0.25, 0.3) is 0 Å². The van der Waals surface area contributed by atoms with Crippen LogP contribution in [0.5, 0.6) is 0 Å². The minimum Gasteiger partial charge on any atom is -0.481 e. The molecule has 0 aromatic heterocycles. The normalized spacial score (nSPS) is 35.8. The zero-order valence-electron chi connectivity index (χ0n) is 10.7. The molecule has 1 aliphatic carbocycles. The molecule has 2 fully saturated rings. The van der Waals surface area contributed by atoms with Crippen molar-refractivity contribution < 1.29 is 18.3 Å². The van der Waals surface area contributed by atoms with Gasteiger partial charge in [-0.2, -0.15) is 0 Å². The lowest BCUT2D eigenvalue weighted by atomic mass is 9.83. The fraction of sp³-hybridized carbons (Fsp3) is 0.917. The van der Waals surface area contributed by atoms with E-state index in [2.05, 4.69) is 0 Å². The molecule has 1 aliphatic heterocycles. The fourth-order valence-electron chi connectivity index (χ4n) is 3.25. The summed E-state index contributed by atoms with van der Waals surface area (Å²) in [6.45, 7) is 0. The molecule has 2 aliphatic rings. The molecule has 104 valence electrons. The molecule has 0 spiro atoms. The van der Waals surface area contributed by atoms with E-state index in [1.165, 1.54) is 0 Å². The number of nitrogens with zero attached hydrogens (tertiary/aromatic N) is 1. The van der Waals surface area contributed by atoms with Gasteiger partial charge in [0.1, 0.15) is 0 Å². The SMILES string of the molecule is CN(C1CCS(=O)(=O)C1)C1CCCCC1C(=O)O. The molecule has 0 amide bonds. The third-order valence-corrected chi connectivity index (χ3v) is 6.10. The van der Waals surface area contributed by atoms with E-state index >= 15 is 0 Å². The highest BCUT2D eigenvalue weighted by Crippen LogP contribution is 2.31. The largest absolute Gasteiger partial charge is 0.481 e. The Hall–Kier alpha value is -0.620. The van der Waals surface area contributed by atoms with Crippen molar-refractivity contribution in [3.8, 4) is 0 Å². The van der Waals surface area contributed by atoms with Gasteiger partial charge in [-0.3, -0.25) is 9.69 Å². The van der Waals surface area contributed by atoms with E-state index in [0.29, 0.717) is 12.8 Å². The molecule has 1 saturated heterocycles. The number of hydrogen-bond acceptors (Lipinski definition) is 4. The van der Waals surface area contributed by atoms with Crippen molar-refractivity contribution in [2.24, 2.45) is 5.92 Å². The molecule has 0 aromatic rings. The van der Waals surface area contributed by atoms with Crippen molar-refractivity contribution in [1.82, 2.24) is 4.90 Å². The van der Waals surface area contributed by atoms with Gasteiger partial charge in [0.2, 0.25) is 0 Å². The maximum atomic E-state index is 11.5. The molecule has 1 heterocycles. The second-order valence-electron chi connectivity index (χ2n) is 5.52. The third-order valence-electron chi connectivity index (χ3n) is 4.35. The lowest BCUT2D eigenvalue weighted by Crippen LogP contribution is -2.48. The highest BCUT2D eigenvalue weighted by molar-refractivity contribution is 7.91. The van der Waals surface area contributed by atoms with Crippen LogP contribution in [0.3, 0.4) is 0 Å². The van der Waals surface area contributed by atoms with Crippen LogP contribution in [0.15, 0.2) is 0 Å². The fourth-order valence-corrected chi connectivity index (χ4v) is 5.04. The van der Waals surface area contributed by atoms with Crippen LogP contribution in [0, 0.1) is 5.92 Å². The number of sulfone groups is 1. The average molecular weight is 275 g/mol. The summed E-state index contributed by atoms with van der Waals surface area (Å²) in [5.74, 6) is -0.654. The first-order chi connectivity index (χ1) is 8.41. The van der Waals surface area contributed by atoms with Crippen molar-refractivity contribution >= 4 is 15.8 Å². The topological polar surface area (TPSA) is 74.7 Å². The molecule has 2 rings (SSSR count). The van der Waals surface area contributed by atoms with Crippen LogP contribution in [0.4, 0.5) is 0 Å². The minimum atomic E-state index is -2.91. The Bertz CT molecular complexity index is 420. The van der Waals surface area contributed by atoms with Gasteiger partial charge in [-0.15, -0.1) is 0 Å². The Balaban J connectivity index is 2.07. The van der Waals surface area contributed by atoms with E-state index in [1.54, 1.807) is 0 Å². The summed E-state index contributed by atoms with van der Waals surface area (Å²) in [4.78, 5) is 13.3. The molecule has 0 bridgehead atoms. The van der Waals surface area contributed by atoms with Crippen LogP contribution in [0.2, 0.25) is 0 Å². The molecule has 5 nitrogen and oxygen atoms in total. The lowest BCUT2D eigenvalue weighted by molar-refractivity contribution is -0.145. The first kappa shape index (κ1) is 13.8. The number of hydrogen-bond donors (Lipinski definition) is 1. The highest BCUT2D eigenvalue weighted by atomic mass is 32.2. The summed E-state index contributed by atoms with van der Waals surface area (Å²) in [7, 11) is -1.02. The molecular formula is C12H21NO4S. The summed E-state index contributed by atoms with van der Waals surface area (Å²) >= 11 is 0. The molecule has 18 heavy (non-hydrogen) atoms. The number of carboxylic acids is 1. The molecule has 3 atom stereocenters. The summed E-state index contributed by atoms with van der Waals surface area (Å²) in [5.41, 5.74) is 0. The summed E-state index contributed by atoms with van der Waals surface area (Å²) in [6.07, 6.45) is 4.22. The van der Waals surface area contributed by atoms with Crippen molar-refractivity contribution in [1.29, 1.82) is 0 Å². The Morgan fingerprint density at radius 1 is 1.22 bits per heavy atom. The van der Waals surface area contributed by atoms with E-state index in [1.807, 2.05) is 11.9 Å². The molecule has 1 saturated carbocycles. The molecular weight excluding hydrogens is 254 g/mol. The predicted octanol–water partition coefficient (Wildman–Crippen LogP) is 0.749. The maximum Gasteiger partial charge on any atom is 0.308 e. The van der Waals surface area contributed by atoms with E-state index in [-0.39, 0.29) is 29.5 Å². The van der Waals surface area contributed by atoms with Crippen molar-refractivity contribution in [2.45, 2.75) is 44.2 Å². The minimum absolute atomic E-state index is 0.0000463. The van der Waals surface area contributed by atoms with E-state index in [9.17, 15) is 18.3 Å². The van der Waals surface area contributed by atoms with Gasteiger partial charge in [0.25, 0.3) is 0 Å². The molecule has 3 unspecified atom stereocenters. The van der Waals surface area contributed by atoms with Gasteiger partial charge in [-0.05, 0) is 26.3 Å². The van der Waals surface area contributed by atoms with Gasteiger partial charge in [0.15, 0.2) is 9.84 Å². The van der Waals surface area contributed by atoms with Crippen molar-refractivity contribution in [2.75, 3.05) is 18.6 Å². The first-order valence-electron chi connectivity index (χ1n) is 6.56. The van der Waals surface area contributed by atoms with Gasteiger partial charge in [-0.25, -0.2) is 8.42 Å². The summed E-state index contributed by atoms with van der Waals surface area (Å²) in [5, 5.41) is 9.26. The van der Waals surface area contributed by atoms with Crippen LogP contribution < -0.4 is 0 Å². The Labute approximate surface area is 108 Å². The Kier molecular flexibility index (Phi) is 3.96. The zero-order valence-corrected chi connectivity index (χ0v) is 11.5. The lowest BCUT2D eigenvalue weighted by Gasteiger charge is -2.38. The number of rotatable bonds is 3. The molecule has 6 heteroatoms. The highest BCUT2D eigenvalue weighted by Gasteiger charge is 2.39. The number of aliphatic carboxylic acids is 1. The van der Waals surface area contributed by atoms with Gasteiger partial charge in [0.05, 0.1) is 17.4 Å². The second kappa shape index (κ2) is 5.17. The average Bonchev–Trinajstić information content (AvgIpc) is 2.68. The zero-order chi connectivity index (χ0) is 13.3. The predicted molar refractivity (Wildman–Crippen MR) is 68.2 cm³/mol. The molecule has 1 N–H and O–H groups in total. The van der Waals surface area contributed by atoms with Crippen LogP contribution in [-0.4, -0.2) is 55.0 Å². The second-order valence-corrected chi connectivity index (χ2v) is 7.75. The number of carboxylic acid groups (broad SMARTS) is 1. The van der Waals surface area contributed by atoms with Gasteiger partial charge in [0, 0.05) is 12.1 Å². The third kappa shape index (κ3) is 2.85. The van der Waals surface area contributed by atoms with Crippen LogP contribution in [0.1, 0.15) is 32.1 Å². The summed E-state index contributed by atoms with van der Waals surface area (Å²) in [6, 6.07) is -0.00509. The standard InChI is InChI=1S/C12H21NO4S/c1-13(9-6-7-18(16,17)8-9)11-5-3-2-4-10(11)12(14)15/h9-11H,2-8H2,1H3,(H,14,15). The van der Waals surface area contributed by atoms with Crippen LogP contribution in [-0.2, 0) is 14.6 Å². The Morgan fingerprint density at radius 2 is 1.89 bits per heavy atom. The maximum absolute atomic E-state index is 11.5. The summed E-state index contributed by atoms with van der Waals surface area (Å²) < 4.78 is 23.0. The first-order valence-corrected chi connectivity index (χ1v) is 8.38. The van der Waals surface area contributed by atoms with Crippen LogP contribution >= 0.6 is 0 Å². The van der Waals surface area contributed by atoms with E-state index in [0.717, 1.165) is 19.3 Å². The van der Waals surface area contributed by atoms with Gasteiger partial charge < -0.3 is 5.11 Å². The Morgan fingerprint density at radius 3 is 2.44 bits per heavy atom. The quantitative estimate of drug-likeness (QED) is 0.822. The monoisotopic (exact) mass is 275 g/mol. The van der Waals surface area contributed by atoms with E-state index in [4.69, 9.17) is 0 Å². The molecule has 0 radical (unpaired) electrons. The van der Waals surface area contributed by atoms with Gasteiger partial charge >= 0.3 is 5.97 Å². The number of carbonyl (C=O) groups is 1. The van der Waals surface area contributed by atoms with Crippen molar-refractivity contribution in [3.63, 3.8) is 0 Å².